The van der Waals surface area contributed by atoms with Gasteiger partial charge in [0.25, 0.3) is 5.56 Å². The molecule has 23 heteroatoms. The lowest BCUT2D eigenvalue weighted by atomic mass is 9.94. The SMILES string of the molecule is CCOP1(=O)OCC23C[C@@H]2[C@@H](n2cnc4c(N)ncnc42)[C@H](C)[C@@H]3OP(O)(=S)OC[C@H]2O[C@@H](n3cnc4c(=O)[nH]c(N)nc43)[C@H](O1)[C@@H]2OC. The average molecular weight is 741 g/mol. The lowest BCUT2D eigenvalue weighted by Gasteiger charge is -2.32. The first-order chi connectivity index (χ1) is 23.4. The Labute approximate surface area is 282 Å². The molecular formula is C26H34N10O10P2S. The van der Waals surface area contributed by atoms with Crippen LogP contribution in [0.4, 0.5) is 11.8 Å². The van der Waals surface area contributed by atoms with Crippen LogP contribution < -0.4 is 17.0 Å². The van der Waals surface area contributed by atoms with Gasteiger partial charge in [-0.3, -0.25) is 27.9 Å². The van der Waals surface area contributed by atoms with E-state index >= 15 is 0 Å². The summed E-state index contributed by atoms with van der Waals surface area (Å²) >= 11 is 5.55. The molecule has 0 radical (unpaired) electrons. The Morgan fingerprint density at radius 3 is 2.69 bits per heavy atom. The van der Waals surface area contributed by atoms with Gasteiger partial charge < -0.3 is 39.4 Å². The van der Waals surface area contributed by atoms with Crippen molar-refractivity contribution in [3.63, 3.8) is 0 Å². The van der Waals surface area contributed by atoms with Crippen LogP contribution in [0.2, 0.25) is 0 Å². The number of fused-ring (bicyclic) bond motifs is 4. The monoisotopic (exact) mass is 740 g/mol. The highest BCUT2D eigenvalue weighted by Crippen LogP contribution is 2.74. The standard InChI is InChI=1S/C26H34N10O10P2S/c1-4-41-47(38)43-7-26-5-12(26)16(35-9-31-14-20(27)29-8-30-21(14)35)11(2)19(26)46-48(39,49)42-6-13-17(40-3)18(45-47)24(44-13)36-10-32-15-22(36)33-25(28)34-23(15)37/h8-13,16-19,24H,4-7H2,1-3H3,(H,39,49)(H2,27,29,30)(H3,28,33,34,37)/t11-,12+,13+,16-,17+,18+,19-,24+,26?,47?,48?/m0/s1. The van der Waals surface area contributed by atoms with Crippen molar-refractivity contribution >= 4 is 60.4 Å². The van der Waals surface area contributed by atoms with Gasteiger partial charge in [-0.2, -0.15) is 4.98 Å². The van der Waals surface area contributed by atoms with Gasteiger partial charge in [0.05, 0.1) is 38.6 Å². The molecule has 4 aliphatic rings. The van der Waals surface area contributed by atoms with Gasteiger partial charge in [0.2, 0.25) is 5.95 Å². The maximum absolute atomic E-state index is 14.5. The van der Waals surface area contributed by atoms with Gasteiger partial charge in [0, 0.05) is 24.5 Å². The number of hydrogen-bond acceptors (Lipinski definition) is 17. The van der Waals surface area contributed by atoms with Crippen LogP contribution in [0.1, 0.15) is 32.5 Å². The number of hydrogen-bond donors (Lipinski definition) is 4. The Hall–Kier alpha value is -2.94. The van der Waals surface area contributed by atoms with E-state index in [1.807, 2.05) is 11.5 Å². The lowest BCUT2D eigenvalue weighted by Crippen LogP contribution is -2.37. The van der Waals surface area contributed by atoms with Crippen molar-refractivity contribution in [2.45, 2.75) is 57.0 Å². The molecule has 4 aromatic rings. The summed E-state index contributed by atoms with van der Waals surface area (Å²) in [6, 6.07) is -0.234. The summed E-state index contributed by atoms with van der Waals surface area (Å²) in [5.74, 6) is -0.274. The molecule has 1 spiro atoms. The Kier molecular flexibility index (Phi) is 8.01. The molecule has 6 heterocycles. The molecule has 0 aromatic carbocycles. The van der Waals surface area contributed by atoms with Crippen LogP contribution in [0.3, 0.4) is 0 Å². The highest BCUT2D eigenvalue weighted by Gasteiger charge is 2.73. The topological polar surface area (TPSA) is 261 Å². The summed E-state index contributed by atoms with van der Waals surface area (Å²) in [5.41, 5.74) is 11.6. The number of imidazole rings is 2. The van der Waals surface area contributed by atoms with Crippen LogP contribution in [-0.4, -0.2) is 95.3 Å². The first-order valence-corrected chi connectivity index (χ1v) is 19.5. The Morgan fingerprint density at radius 2 is 1.92 bits per heavy atom. The highest BCUT2D eigenvalue weighted by atomic mass is 32.5. The number of H-pyrrole nitrogens is 1. The number of nitrogens with two attached hydrogens (primary N) is 2. The number of phosphoric ester groups is 1. The van der Waals surface area contributed by atoms with Gasteiger partial charge >= 0.3 is 14.5 Å². The smallest absolute Gasteiger partial charge is 0.382 e. The molecule has 2 aliphatic heterocycles. The quantitative estimate of drug-likeness (QED) is 0.211. The molecule has 11 atom stereocenters. The Balaban J connectivity index is 1.18. The van der Waals surface area contributed by atoms with E-state index in [0.717, 1.165) is 0 Å². The van der Waals surface area contributed by atoms with Gasteiger partial charge in [-0.1, -0.05) is 6.92 Å². The second-order valence-electron chi connectivity index (χ2n) is 12.5. The first-order valence-electron chi connectivity index (χ1n) is 15.5. The van der Waals surface area contributed by atoms with Gasteiger partial charge in [0.15, 0.2) is 28.9 Å². The van der Waals surface area contributed by atoms with E-state index < -0.39 is 56.2 Å². The number of nitrogen functional groups attached to an aromatic ring is 2. The minimum atomic E-state index is -4.38. The minimum Gasteiger partial charge on any atom is -0.382 e. The molecule has 49 heavy (non-hydrogen) atoms. The summed E-state index contributed by atoms with van der Waals surface area (Å²) in [5, 5.41) is 0. The average Bonchev–Trinajstić information content (AvgIpc) is 3.35. The van der Waals surface area contributed by atoms with E-state index in [1.165, 1.54) is 24.3 Å². The van der Waals surface area contributed by atoms with Crippen LogP contribution >= 0.6 is 14.5 Å². The van der Waals surface area contributed by atoms with E-state index in [2.05, 4.69) is 29.9 Å². The summed E-state index contributed by atoms with van der Waals surface area (Å²) in [4.78, 5) is 47.7. The molecule has 2 saturated heterocycles. The maximum atomic E-state index is 14.5. The maximum Gasteiger partial charge on any atom is 0.475 e. The second kappa shape index (κ2) is 11.8. The van der Waals surface area contributed by atoms with Gasteiger partial charge in [-0.25, -0.2) is 24.5 Å². The van der Waals surface area contributed by atoms with Crippen molar-refractivity contribution < 1.29 is 41.6 Å². The third-order valence-electron chi connectivity index (χ3n) is 9.84. The van der Waals surface area contributed by atoms with Crippen molar-refractivity contribution in [2.75, 3.05) is 38.4 Å². The highest BCUT2D eigenvalue weighted by molar-refractivity contribution is 8.07. The molecule has 4 aromatic heterocycles. The molecule has 6 N–H and O–H groups in total. The third kappa shape index (κ3) is 5.34. The number of phosphoric acid groups is 1. The Morgan fingerprint density at radius 1 is 1.14 bits per heavy atom. The summed E-state index contributed by atoms with van der Waals surface area (Å²) in [7, 11) is -2.97. The first kappa shape index (κ1) is 33.2. The van der Waals surface area contributed by atoms with E-state index in [1.54, 1.807) is 13.3 Å². The molecular weight excluding hydrogens is 706 g/mol. The zero-order valence-corrected chi connectivity index (χ0v) is 29.0. The van der Waals surface area contributed by atoms with Crippen LogP contribution in [0, 0.1) is 17.3 Å². The van der Waals surface area contributed by atoms with E-state index in [-0.39, 0.29) is 60.6 Å². The molecule has 8 rings (SSSR count). The van der Waals surface area contributed by atoms with E-state index in [4.69, 9.17) is 55.4 Å². The van der Waals surface area contributed by atoms with E-state index in [0.29, 0.717) is 17.6 Å². The number of methoxy groups -OCH3 is 1. The van der Waals surface area contributed by atoms with Crippen molar-refractivity contribution in [1.82, 2.24) is 39.0 Å². The van der Waals surface area contributed by atoms with Gasteiger partial charge in [0.1, 0.15) is 30.2 Å². The lowest BCUT2D eigenvalue weighted by molar-refractivity contribution is -0.0582. The molecule has 20 nitrogen and oxygen atoms in total. The third-order valence-corrected chi connectivity index (χ3v) is 12.9. The van der Waals surface area contributed by atoms with Crippen LogP contribution in [0.25, 0.3) is 22.3 Å². The summed E-state index contributed by atoms with van der Waals surface area (Å²) in [6.07, 6.45) is -0.0408. The minimum absolute atomic E-state index is 0.0160. The molecule has 2 aliphatic carbocycles. The van der Waals surface area contributed by atoms with Crippen molar-refractivity contribution in [3.8, 4) is 0 Å². The normalized spacial score (nSPS) is 39.3. The number of rotatable bonds is 5. The Bertz CT molecular complexity index is 2100. The van der Waals surface area contributed by atoms with Crippen LogP contribution in [0.5, 0.6) is 0 Å². The summed E-state index contributed by atoms with van der Waals surface area (Å²) in [6.45, 7) is -0.782. The molecule has 3 unspecified atom stereocenters. The van der Waals surface area contributed by atoms with Crippen molar-refractivity contribution in [3.05, 3.63) is 29.3 Å². The fraction of sp³-hybridized carbons (Fsp3) is 0.615. The zero-order chi connectivity index (χ0) is 34.5. The summed E-state index contributed by atoms with van der Waals surface area (Å²) < 4.78 is 60.2. The fourth-order valence-electron chi connectivity index (χ4n) is 7.73. The van der Waals surface area contributed by atoms with Gasteiger partial charge in [-0.15, -0.1) is 0 Å². The molecule has 2 bridgehead atoms. The molecule has 264 valence electrons. The number of aromatic nitrogens is 8. The van der Waals surface area contributed by atoms with E-state index in [9.17, 15) is 14.3 Å². The number of nitrogens with zero attached hydrogens (tertiary/aromatic N) is 7. The number of anilines is 2. The van der Waals surface area contributed by atoms with Crippen LogP contribution in [-0.2, 0) is 48.5 Å². The zero-order valence-electron chi connectivity index (χ0n) is 26.4. The number of aromatic amines is 1. The largest absolute Gasteiger partial charge is 0.475 e. The number of ether oxygens (including phenoxy) is 2. The second-order valence-corrected chi connectivity index (χ2v) is 16.9. The predicted molar refractivity (Wildman–Crippen MR) is 173 cm³/mol. The number of nitrogens with one attached hydrogen (secondary N) is 1. The van der Waals surface area contributed by atoms with Crippen LogP contribution in [0.15, 0.2) is 23.8 Å². The predicted octanol–water partition coefficient (Wildman–Crippen LogP) is 1.41. The van der Waals surface area contributed by atoms with Gasteiger partial charge in [-0.05, 0) is 31.1 Å². The molecule has 0 amide bonds. The molecule has 2 saturated carbocycles. The van der Waals surface area contributed by atoms with Crippen molar-refractivity contribution in [1.29, 1.82) is 0 Å². The van der Waals surface area contributed by atoms with Crippen molar-refractivity contribution in [2.24, 2.45) is 17.3 Å². The fourth-order valence-corrected chi connectivity index (χ4v) is 10.7. The molecule has 4 fully saturated rings.